The number of hydrogen-bond acceptors (Lipinski definition) is 2. The molecule has 1 N–H and O–H groups in total. The third-order valence-corrected chi connectivity index (χ3v) is 3.77. The standard InChI is InChI=1S/C13H17F3N2O2/c1-9-10-4-3-5-17(10)6-7-18(9)11(19)8-12(2,20)13(14,15)16/h3-5,9,20H,6-8H2,1-2H3/t9-,12-/m0/s1. The van der Waals surface area contributed by atoms with Crippen molar-refractivity contribution in [1.82, 2.24) is 9.47 Å². The van der Waals surface area contributed by atoms with Crippen molar-refractivity contribution in [3.05, 3.63) is 24.0 Å². The molecule has 0 aliphatic carbocycles. The van der Waals surface area contributed by atoms with Gasteiger partial charge in [-0.05, 0) is 26.0 Å². The molecule has 2 heterocycles. The lowest BCUT2D eigenvalue weighted by molar-refractivity contribution is -0.254. The van der Waals surface area contributed by atoms with Gasteiger partial charge in [0.05, 0.1) is 12.5 Å². The molecule has 2 rings (SSSR count). The summed E-state index contributed by atoms with van der Waals surface area (Å²) < 4.78 is 39.8. The van der Waals surface area contributed by atoms with Gasteiger partial charge in [0, 0.05) is 25.0 Å². The van der Waals surface area contributed by atoms with Crippen LogP contribution in [-0.4, -0.2) is 38.8 Å². The van der Waals surface area contributed by atoms with Crippen LogP contribution in [0.3, 0.4) is 0 Å². The number of hydrogen-bond donors (Lipinski definition) is 1. The molecule has 0 bridgehead atoms. The van der Waals surface area contributed by atoms with Gasteiger partial charge in [-0.1, -0.05) is 0 Å². The second kappa shape index (κ2) is 4.80. The van der Waals surface area contributed by atoms with Crippen LogP contribution in [0.2, 0.25) is 0 Å². The van der Waals surface area contributed by atoms with Crippen LogP contribution in [0.1, 0.15) is 32.0 Å². The molecule has 112 valence electrons. The largest absolute Gasteiger partial charge is 0.417 e. The Kier molecular flexibility index (Phi) is 3.58. The molecule has 0 radical (unpaired) electrons. The van der Waals surface area contributed by atoms with Crippen molar-refractivity contribution in [3.8, 4) is 0 Å². The SMILES string of the molecule is C[C@H]1c2cccn2CCN1C(=O)C[C@](C)(O)C(F)(F)F. The highest BCUT2D eigenvalue weighted by molar-refractivity contribution is 5.78. The Labute approximate surface area is 114 Å². The molecule has 1 amide bonds. The smallest absolute Gasteiger partial charge is 0.380 e. The quantitative estimate of drug-likeness (QED) is 0.906. The molecule has 0 spiro atoms. The lowest BCUT2D eigenvalue weighted by Crippen LogP contribution is -2.49. The normalized spacial score (nSPS) is 22.3. The first kappa shape index (κ1) is 14.9. The average molecular weight is 290 g/mol. The van der Waals surface area contributed by atoms with Crippen molar-refractivity contribution in [2.45, 2.75) is 44.6 Å². The van der Waals surface area contributed by atoms with Crippen LogP contribution >= 0.6 is 0 Å². The van der Waals surface area contributed by atoms with Crippen LogP contribution < -0.4 is 0 Å². The molecule has 20 heavy (non-hydrogen) atoms. The van der Waals surface area contributed by atoms with Gasteiger partial charge in [0.1, 0.15) is 0 Å². The first-order valence-electron chi connectivity index (χ1n) is 6.37. The molecule has 7 heteroatoms. The Bertz CT molecular complexity index is 508. The first-order valence-corrected chi connectivity index (χ1v) is 6.37. The Morgan fingerprint density at radius 3 is 2.70 bits per heavy atom. The lowest BCUT2D eigenvalue weighted by atomic mass is 9.99. The first-order chi connectivity index (χ1) is 9.13. The van der Waals surface area contributed by atoms with Crippen LogP contribution in [0.5, 0.6) is 0 Å². The monoisotopic (exact) mass is 290 g/mol. The number of carbonyl (C=O) groups excluding carboxylic acids is 1. The van der Waals surface area contributed by atoms with Gasteiger partial charge in [0.15, 0.2) is 5.60 Å². The molecule has 0 aromatic carbocycles. The molecular weight excluding hydrogens is 273 g/mol. The molecule has 1 aliphatic heterocycles. The fourth-order valence-electron chi connectivity index (χ4n) is 2.42. The summed E-state index contributed by atoms with van der Waals surface area (Å²) in [5, 5.41) is 9.42. The van der Waals surface area contributed by atoms with Gasteiger partial charge in [0.2, 0.25) is 5.91 Å². The summed E-state index contributed by atoms with van der Waals surface area (Å²) in [6, 6.07) is 3.38. The molecule has 4 nitrogen and oxygen atoms in total. The van der Waals surface area contributed by atoms with E-state index < -0.39 is 24.1 Å². The Morgan fingerprint density at radius 1 is 1.45 bits per heavy atom. The summed E-state index contributed by atoms with van der Waals surface area (Å²) in [4.78, 5) is 13.4. The third-order valence-electron chi connectivity index (χ3n) is 3.77. The highest BCUT2D eigenvalue weighted by Gasteiger charge is 2.51. The van der Waals surface area contributed by atoms with Gasteiger partial charge in [0.25, 0.3) is 0 Å². The van der Waals surface area contributed by atoms with E-state index in [9.17, 15) is 23.1 Å². The van der Waals surface area contributed by atoms with E-state index in [0.29, 0.717) is 20.0 Å². The van der Waals surface area contributed by atoms with Crippen molar-refractivity contribution in [2.24, 2.45) is 0 Å². The van der Waals surface area contributed by atoms with E-state index in [2.05, 4.69) is 0 Å². The molecule has 0 unspecified atom stereocenters. The van der Waals surface area contributed by atoms with Gasteiger partial charge >= 0.3 is 6.18 Å². The number of aromatic nitrogens is 1. The number of fused-ring (bicyclic) bond motifs is 1. The van der Waals surface area contributed by atoms with Crippen LogP contribution in [0.15, 0.2) is 18.3 Å². The van der Waals surface area contributed by atoms with Crippen molar-refractivity contribution in [3.63, 3.8) is 0 Å². The minimum absolute atomic E-state index is 0.296. The number of aliphatic hydroxyl groups is 1. The van der Waals surface area contributed by atoms with Gasteiger partial charge in [-0.2, -0.15) is 13.2 Å². The topological polar surface area (TPSA) is 45.5 Å². The van der Waals surface area contributed by atoms with Crippen LogP contribution in [-0.2, 0) is 11.3 Å². The molecule has 1 aromatic rings. The number of alkyl halides is 3. The van der Waals surface area contributed by atoms with Gasteiger partial charge in [-0.15, -0.1) is 0 Å². The maximum absolute atomic E-state index is 12.6. The predicted octanol–water partition coefficient (Wildman–Crippen LogP) is 2.09. The van der Waals surface area contributed by atoms with Crippen LogP contribution in [0, 0.1) is 0 Å². The third kappa shape index (κ3) is 2.54. The van der Waals surface area contributed by atoms with Gasteiger partial charge in [-0.3, -0.25) is 4.79 Å². The van der Waals surface area contributed by atoms with Crippen molar-refractivity contribution >= 4 is 5.91 Å². The second-order valence-electron chi connectivity index (χ2n) is 5.34. The van der Waals surface area contributed by atoms with Gasteiger partial charge in [-0.25, -0.2) is 0 Å². The Hall–Kier alpha value is -1.50. The van der Waals surface area contributed by atoms with Crippen LogP contribution in [0.25, 0.3) is 0 Å². The fraction of sp³-hybridized carbons (Fsp3) is 0.615. The summed E-state index contributed by atoms with van der Waals surface area (Å²) in [6.45, 7) is 3.29. The zero-order valence-electron chi connectivity index (χ0n) is 11.3. The molecule has 2 atom stereocenters. The number of nitrogens with zero attached hydrogens (tertiary/aromatic N) is 2. The Morgan fingerprint density at radius 2 is 2.10 bits per heavy atom. The van der Waals surface area contributed by atoms with E-state index in [4.69, 9.17) is 0 Å². The van der Waals surface area contributed by atoms with E-state index in [1.54, 1.807) is 6.92 Å². The van der Waals surface area contributed by atoms with E-state index in [1.165, 1.54) is 4.90 Å². The number of halogens is 3. The number of rotatable bonds is 2. The van der Waals surface area contributed by atoms with E-state index in [1.807, 2.05) is 22.9 Å². The van der Waals surface area contributed by atoms with E-state index in [0.717, 1.165) is 5.69 Å². The molecule has 1 aromatic heterocycles. The lowest BCUT2D eigenvalue weighted by Gasteiger charge is -2.37. The minimum Gasteiger partial charge on any atom is -0.380 e. The number of carbonyl (C=O) groups is 1. The second-order valence-corrected chi connectivity index (χ2v) is 5.34. The maximum atomic E-state index is 12.6. The number of amides is 1. The van der Waals surface area contributed by atoms with Crippen molar-refractivity contribution in [2.75, 3.05) is 6.54 Å². The zero-order chi connectivity index (χ0) is 15.1. The van der Waals surface area contributed by atoms with Crippen molar-refractivity contribution in [1.29, 1.82) is 0 Å². The van der Waals surface area contributed by atoms with E-state index in [-0.39, 0.29) is 6.04 Å². The summed E-state index contributed by atoms with van der Waals surface area (Å²) in [6.07, 6.45) is -3.90. The minimum atomic E-state index is -4.82. The molecule has 1 aliphatic rings. The van der Waals surface area contributed by atoms with Crippen molar-refractivity contribution < 1.29 is 23.1 Å². The fourth-order valence-corrected chi connectivity index (χ4v) is 2.42. The zero-order valence-corrected chi connectivity index (χ0v) is 11.3. The predicted molar refractivity (Wildman–Crippen MR) is 65.9 cm³/mol. The van der Waals surface area contributed by atoms with Crippen LogP contribution in [0.4, 0.5) is 13.2 Å². The molecule has 0 saturated carbocycles. The summed E-state index contributed by atoms with van der Waals surface area (Å²) >= 11 is 0. The molecule has 0 fully saturated rings. The average Bonchev–Trinajstić information content (AvgIpc) is 2.75. The summed E-state index contributed by atoms with van der Waals surface area (Å²) in [5.74, 6) is -0.688. The van der Waals surface area contributed by atoms with Gasteiger partial charge < -0.3 is 14.6 Å². The maximum Gasteiger partial charge on any atom is 0.417 e. The Balaban J connectivity index is 2.12. The van der Waals surface area contributed by atoms with E-state index >= 15 is 0 Å². The molecule has 0 saturated heterocycles. The molecular formula is C13H17F3N2O2. The summed E-state index contributed by atoms with van der Waals surface area (Å²) in [5.41, 5.74) is -2.11. The highest BCUT2D eigenvalue weighted by atomic mass is 19.4. The summed E-state index contributed by atoms with van der Waals surface area (Å²) in [7, 11) is 0. The highest BCUT2D eigenvalue weighted by Crippen LogP contribution is 2.34.